The van der Waals surface area contributed by atoms with E-state index in [1.54, 1.807) is 0 Å². The third-order valence-electron chi connectivity index (χ3n) is 9.26. The van der Waals surface area contributed by atoms with Crippen LogP contribution < -0.4 is 14.5 Å². The summed E-state index contributed by atoms with van der Waals surface area (Å²) >= 11 is 0. The van der Waals surface area contributed by atoms with Crippen LogP contribution in [0.25, 0.3) is 0 Å². The second-order valence-corrected chi connectivity index (χ2v) is 12.3. The van der Waals surface area contributed by atoms with Crippen LogP contribution in [0.15, 0.2) is 64.8 Å². The van der Waals surface area contributed by atoms with Crippen molar-refractivity contribution in [2.24, 2.45) is 17.8 Å². The molecule has 1 heterocycles. The van der Waals surface area contributed by atoms with E-state index in [1.807, 2.05) is 0 Å². The van der Waals surface area contributed by atoms with Gasteiger partial charge >= 0.3 is 17.7 Å². The molecule has 14 nitrogen and oxygen atoms in total. The number of hydrogen-bond acceptors (Lipinski definition) is 11. The Labute approximate surface area is 274 Å². The molecule has 2 aromatic rings. The first kappa shape index (κ1) is 33.0. The summed E-state index contributed by atoms with van der Waals surface area (Å²) in [5, 5.41) is 34.9. The summed E-state index contributed by atoms with van der Waals surface area (Å²) in [7, 11) is 2.70. The van der Waals surface area contributed by atoms with Crippen LogP contribution in [0.2, 0.25) is 0 Å². The number of ether oxygens (including phenoxy) is 1. The topological polar surface area (TPSA) is 190 Å². The second-order valence-electron chi connectivity index (χ2n) is 12.3. The molecule has 4 unspecified atom stereocenters. The molecule has 17 heteroatoms. The Morgan fingerprint density at radius 1 is 0.980 bits per heavy atom. The van der Waals surface area contributed by atoms with Gasteiger partial charge in [0.1, 0.15) is 11.5 Å². The number of hydrogen-bond donors (Lipinski definition) is 1. The summed E-state index contributed by atoms with van der Waals surface area (Å²) in [5.41, 5.74) is -2.27. The maximum Gasteiger partial charge on any atom is 0.573 e. The van der Waals surface area contributed by atoms with Crippen molar-refractivity contribution in [3.8, 4) is 11.5 Å². The molecule has 4 atom stereocenters. The number of halogens is 3. The predicted octanol–water partition coefficient (Wildman–Crippen LogP) is 4.81. The zero-order valence-corrected chi connectivity index (χ0v) is 25.8. The normalized spacial score (nSPS) is 23.4. The molecule has 0 bridgehead atoms. The van der Waals surface area contributed by atoms with Gasteiger partial charge in [-0.25, -0.2) is 4.90 Å². The molecule has 1 fully saturated rings. The molecule has 0 saturated carbocycles. The summed E-state index contributed by atoms with van der Waals surface area (Å²) in [6, 6.07) is 4.46. The van der Waals surface area contributed by atoms with Crippen molar-refractivity contribution in [2.45, 2.75) is 32.0 Å². The molecule has 0 radical (unpaired) electrons. The molecule has 4 aliphatic rings. The maximum absolute atomic E-state index is 14.2. The van der Waals surface area contributed by atoms with Crippen molar-refractivity contribution < 1.29 is 52.0 Å². The number of imide groups is 1. The Balaban J connectivity index is 1.50. The molecule has 3 aliphatic carbocycles. The van der Waals surface area contributed by atoms with Gasteiger partial charge < -0.3 is 14.7 Å². The smallest absolute Gasteiger partial charge is 0.508 e. The maximum atomic E-state index is 14.2. The lowest BCUT2D eigenvalue weighted by atomic mass is 9.59. The van der Waals surface area contributed by atoms with Crippen molar-refractivity contribution in [1.82, 2.24) is 0 Å². The number of carbonyl (C=O) groups excluding carboxylic acids is 4. The Bertz CT molecular complexity index is 1980. The summed E-state index contributed by atoms with van der Waals surface area (Å²) in [4.78, 5) is 79.0. The number of nitro benzene ring substituents is 2. The minimum Gasteiger partial charge on any atom is -0.508 e. The molecular weight excluding hydrogens is 657 g/mol. The Morgan fingerprint density at radius 2 is 1.61 bits per heavy atom. The fourth-order valence-corrected chi connectivity index (χ4v) is 7.39. The summed E-state index contributed by atoms with van der Waals surface area (Å²) in [6.07, 6.45) is -2.82. The monoisotopic (exact) mass is 682 g/mol. The number of aromatic hydroxyl groups is 1. The molecule has 1 saturated heterocycles. The number of phenolic OH excluding ortho intramolecular Hbond substituents is 1. The number of nitrogens with zero attached hydrogens (tertiary/aromatic N) is 4. The van der Waals surface area contributed by atoms with E-state index < -0.39 is 91.8 Å². The predicted molar refractivity (Wildman–Crippen MR) is 163 cm³/mol. The standard InChI is InChI=1S/C32H25F3N4O10/c1-13-8-24(41)20-12-18-16(25(27(20)29(13)42)19-11-15(4-7-23(19)40)49-32(33,34)35)5-6-17-26(18)31(44)37(30(17)43)14-9-21(38(45)46)28(36(2)3)22(10-14)39(47)48/h4-5,7-11,17-18,25-26,40H,6,12H2,1-3H3. The van der Waals surface area contributed by atoms with Crippen LogP contribution in [-0.2, 0) is 19.2 Å². The van der Waals surface area contributed by atoms with Crippen LogP contribution in [0, 0.1) is 38.0 Å². The van der Waals surface area contributed by atoms with E-state index in [0.29, 0.717) is 10.5 Å². The summed E-state index contributed by atoms with van der Waals surface area (Å²) in [5.74, 6) is -8.77. The minimum atomic E-state index is -5.10. The van der Waals surface area contributed by atoms with Gasteiger partial charge in [0.25, 0.3) is 0 Å². The Hall–Kier alpha value is -5.87. The van der Waals surface area contributed by atoms with E-state index in [-0.39, 0.29) is 40.8 Å². The van der Waals surface area contributed by atoms with E-state index in [0.717, 1.165) is 41.3 Å². The van der Waals surface area contributed by atoms with Crippen LogP contribution in [0.4, 0.5) is 35.9 Å². The minimum absolute atomic E-state index is 0.0475. The third kappa shape index (κ3) is 5.30. The highest BCUT2D eigenvalue weighted by molar-refractivity contribution is 6.25. The van der Waals surface area contributed by atoms with E-state index in [9.17, 15) is 57.7 Å². The number of alkyl halides is 3. The zero-order chi connectivity index (χ0) is 35.9. The van der Waals surface area contributed by atoms with Crippen LogP contribution in [0.1, 0.15) is 31.2 Å². The second kappa shape index (κ2) is 11.4. The average molecular weight is 683 g/mol. The number of allylic oxidation sites excluding steroid dienone is 6. The average Bonchev–Trinajstić information content (AvgIpc) is 3.27. The van der Waals surface area contributed by atoms with Crippen LogP contribution in [0.3, 0.4) is 0 Å². The first-order chi connectivity index (χ1) is 22.9. The molecule has 6 rings (SSSR count). The number of amides is 2. The molecule has 49 heavy (non-hydrogen) atoms. The molecule has 0 spiro atoms. The van der Waals surface area contributed by atoms with Crippen molar-refractivity contribution in [3.63, 3.8) is 0 Å². The van der Waals surface area contributed by atoms with Gasteiger partial charge in [-0.1, -0.05) is 11.6 Å². The van der Waals surface area contributed by atoms with Gasteiger partial charge in [0.05, 0.1) is 27.4 Å². The van der Waals surface area contributed by atoms with Gasteiger partial charge in [-0.2, -0.15) is 0 Å². The highest BCUT2D eigenvalue weighted by Gasteiger charge is 2.57. The van der Waals surface area contributed by atoms with E-state index in [4.69, 9.17) is 0 Å². The lowest BCUT2D eigenvalue weighted by Gasteiger charge is -2.42. The first-order valence-electron chi connectivity index (χ1n) is 14.7. The number of carbonyl (C=O) groups is 4. The van der Waals surface area contributed by atoms with Crippen molar-refractivity contribution in [1.29, 1.82) is 0 Å². The van der Waals surface area contributed by atoms with Crippen LogP contribution in [-0.4, -0.2) is 58.8 Å². The Morgan fingerprint density at radius 3 is 2.18 bits per heavy atom. The molecular formula is C32H25F3N4O10. The number of benzene rings is 2. The SMILES string of the molecule is CC1=CC(=O)C2=C(C1=O)C(c1cc(OC(F)(F)F)ccc1O)C1=CCC3C(=O)N(c4cc([N+](=O)[O-])c(N(C)C)c([N+](=O)[O-])c4)C(=O)C3C1C2. The summed E-state index contributed by atoms with van der Waals surface area (Å²) < 4.78 is 43.5. The van der Waals surface area contributed by atoms with Crippen LogP contribution >= 0.6 is 0 Å². The van der Waals surface area contributed by atoms with Gasteiger partial charge in [-0.3, -0.25) is 39.4 Å². The number of rotatable bonds is 6. The molecule has 254 valence electrons. The number of nitro groups is 2. The van der Waals surface area contributed by atoms with Gasteiger partial charge in [0.2, 0.25) is 11.8 Å². The fraction of sp³-hybridized carbons (Fsp3) is 0.312. The first-order valence-corrected chi connectivity index (χ1v) is 14.7. The number of Topliss-reactive ketones (excluding diaryl/α,β-unsaturated/α-hetero) is 1. The zero-order valence-electron chi connectivity index (χ0n) is 25.8. The largest absolute Gasteiger partial charge is 0.573 e. The van der Waals surface area contributed by atoms with Gasteiger partial charge in [-0.15, -0.1) is 13.2 Å². The van der Waals surface area contributed by atoms with Crippen LogP contribution in [0.5, 0.6) is 11.5 Å². The quantitative estimate of drug-likeness (QED) is 0.145. The van der Waals surface area contributed by atoms with Gasteiger partial charge in [-0.05, 0) is 50.0 Å². The number of anilines is 2. The molecule has 1 N–H and O–H groups in total. The Kier molecular flexibility index (Phi) is 7.68. The highest BCUT2D eigenvalue weighted by Crippen LogP contribution is 2.57. The van der Waals surface area contributed by atoms with Crippen molar-refractivity contribution in [3.05, 3.63) is 90.6 Å². The van der Waals surface area contributed by atoms with Crippen molar-refractivity contribution >= 4 is 46.1 Å². The number of phenols is 1. The third-order valence-corrected chi connectivity index (χ3v) is 9.26. The molecule has 1 aliphatic heterocycles. The van der Waals surface area contributed by atoms with Gasteiger partial charge in [0.15, 0.2) is 17.3 Å². The fourth-order valence-electron chi connectivity index (χ4n) is 7.39. The molecule has 2 aromatic carbocycles. The van der Waals surface area contributed by atoms with Crippen molar-refractivity contribution in [2.75, 3.05) is 23.9 Å². The number of ketones is 2. The summed E-state index contributed by atoms with van der Waals surface area (Å²) in [6.45, 7) is 1.39. The highest BCUT2D eigenvalue weighted by atomic mass is 19.4. The lowest BCUT2D eigenvalue weighted by molar-refractivity contribution is -0.392. The molecule has 2 amide bonds. The van der Waals surface area contributed by atoms with E-state index in [1.165, 1.54) is 27.1 Å². The van der Waals surface area contributed by atoms with Gasteiger partial charge in [0, 0.05) is 54.4 Å². The lowest BCUT2D eigenvalue weighted by Crippen LogP contribution is -2.39. The molecule has 0 aromatic heterocycles. The van der Waals surface area contributed by atoms with E-state index in [2.05, 4.69) is 4.74 Å². The van der Waals surface area contributed by atoms with E-state index >= 15 is 0 Å². The number of fused-ring (bicyclic) bond motifs is 3.